The predicted molar refractivity (Wildman–Crippen MR) is 83.7 cm³/mol. The smallest absolute Gasteiger partial charge is 0.416 e. The highest BCUT2D eigenvalue weighted by Crippen LogP contribution is 2.31. The fourth-order valence-electron chi connectivity index (χ4n) is 1.78. The maximum Gasteiger partial charge on any atom is 0.416 e. The Morgan fingerprint density at radius 3 is 2.57 bits per heavy atom. The van der Waals surface area contributed by atoms with Gasteiger partial charge in [0.1, 0.15) is 5.75 Å². The summed E-state index contributed by atoms with van der Waals surface area (Å²) in [4.78, 5) is 8.38. The number of hydrogen-bond acceptors (Lipinski definition) is 4. The first-order valence-corrected chi connectivity index (χ1v) is 8.15. The number of rotatable bonds is 7. The van der Waals surface area contributed by atoms with Crippen LogP contribution in [0.4, 0.5) is 13.2 Å². The number of benzene rings is 1. The molecule has 23 heavy (non-hydrogen) atoms. The highest BCUT2D eigenvalue weighted by atomic mass is 32.2. The maximum absolute atomic E-state index is 12.6. The molecule has 0 bridgehead atoms. The molecule has 0 saturated carbocycles. The van der Waals surface area contributed by atoms with E-state index in [-0.39, 0.29) is 5.75 Å². The van der Waals surface area contributed by atoms with Crippen LogP contribution in [0, 0.1) is 6.92 Å². The predicted octanol–water partition coefficient (Wildman–Crippen LogP) is 4.76. The van der Waals surface area contributed by atoms with Gasteiger partial charge in [-0.25, -0.2) is 9.97 Å². The summed E-state index contributed by atoms with van der Waals surface area (Å²) in [5.74, 6) is 1.09. The van der Waals surface area contributed by atoms with Crippen LogP contribution in [0.25, 0.3) is 0 Å². The molecule has 0 fully saturated rings. The van der Waals surface area contributed by atoms with E-state index in [1.807, 2.05) is 6.92 Å². The second-order valence-electron chi connectivity index (χ2n) is 4.97. The van der Waals surface area contributed by atoms with Gasteiger partial charge in [-0.05, 0) is 43.5 Å². The molecule has 1 aromatic carbocycles. The van der Waals surface area contributed by atoms with Gasteiger partial charge in [0.05, 0.1) is 12.2 Å². The average molecular weight is 342 g/mol. The molecule has 0 aliphatic heterocycles. The maximum atomic E-state index is 12.6. The number of unbranched alkanes of at least 4 members (excludes halogenated alkanes) is 1. The van der Waals surface area contributed by atoms with Crippen molar-refractivity contribution in [3.63, 3.8) is 0 Å². The van der Waals surface area contributed by atoms with E-state index >= 15 is 0 Å². The Morgan fingerprint density at radius 1 is 1.13 bits per heavy atom. The van der Waals surface area contributed by atoms with Gasteiger partial charge in [0, 0.05) is 18.1 Å². The summed E-state index contributed by atoms with van der Waals surface area (Å²) in [7, 11) is 0. The Balaban J connectivity index is 1.67. The second-order valence-corrected chi connectivity index (χ2v) is 6.03. The van der Waals surface area contributed by atoms with Crippen molar-refractivity contribution in [2.75, 3.05) is 12.4 Å². The Labute approximate surface area is 137 Å². The highest BCUT2D eigenvalue weighted by molar-refractivity contribution is 7.99. The molecule has 0 aliphatic carbocycles. The minimum absolute atomic E-state index is 0.245. The zero-order valence-electron chi connectivity index (χ0n) is 12.6. The van der Waals surface area contributed by atoms with Gasteiger partial charge in [0.25, 0.3) is 0 Å². The summed E-state index contributed by atoms with van der Waals surface area (Å²) in [6, 6.07) is 4.94. The Bertz CT molecular complexity index is 617. The van der Waals surface area contributed by atoms with Crippen LogP contribution in [-0.2, 0) is 6.18 Å². The molecule has 1 aromatic heterocycles. The molecule has 0 amide bonds. The van der Waals surface area contributed by atoms with Gasteiger partial charge in [-0.2, -0.15) is 13.2 Å². The van der Waals surface area contributed by atoms with Gasteiger partial charge in [-0.3, -0.25) is 0 Å². The minimum Gasteiger partial charge on any atom is -0.494 e. The van der Waals surface area contributed by atoms with E-state index in [0.717, 1.165) is 41.4 Å². The lowest BCUT2D eigenvalue weighted by Gasteiger charge is -2.10. The molecule has 124 valence electrons. The fourth-order valence-corrected chi connectivity index (χ4v) is 2.56. The van der Waals surface area contributed by atoms with Crippen molar-refractivity contribution in [3.8, 4) is 5.75 Å². The third-order valence-corrected chi connectivity index (χ3v) is 3.92. The second kappa shape index (κ2) is 8.19. The van der Waals surface area contributed by atoms with Crippen molar-refractivity contribution in [2.45, 2.75) is 31.1 Å². The molecular weight excluding hydrogens is 325 g/mol. The normalized spacial score (nSPS) is 11.5. The van der Waals surface area contributed by atoms with Gasteiger partial charge in [-0.15, -0.1) is 0 Å². The summed E-state index contributed by atoms with van der Waals surface area (Å²) in [6.45, 7) is 2.32. The van der Waals surface area contributed by atoms with Crippen LogP contribution in [-0.4, -0.2) is 22.3 Å². The minimum atomic E-state index is -4.34. The van der Waals surface area contributed by atoms with Gasteiger partial charge in [-0.1, -0.05) is 17.8 Å². The third-order valence-electron chi connectivity index (χ3n) is 2.96. The van der Waals surface area contributed by atoms with Crippen LogP contribution in [0.3, 0.4) is 0 Å². The van der Waals surface area contributed by atoms with Crippen LogP contribution in [0.15, 0.2) is 41.8 Å². The first-order chi connectivity index (χ1) is 10.9. The van der Waals surface area contributed by atoms with E-state index in [1.165, 1.54) is 12.1 Å². The van der Waals surface area contributed by atoms with E-state index < -0.39 is 11.7 Å². The van der Waals surface area contributed by atoms with E-state index in [9.17, 15) is 13.2 Å². The van der Waals surface area contributed by atoms with E-state index in [4.69, 9.17) is 4.74 Å². The lowest BCUT2D eigenvalue weighted by molar-refractivity contribution is -0.137. The topological polar surface area (TPSA) is 35.0 Å². The first kappa shape index (κ1) is 17.6. The lowest BCUT2D eigenvalue weighted by atomic mass is 10.2. The number of alkyl halides is 3. The highest BCUT2D eigenvalue weighted by Gasteiger charge is 2.30. The zero-order chi connectivity index (χ0) is 16.7. The summed E-state index contributed by atoms with van der Waals surface area (Å²) < 4.78 is 43.1. The monoisotopic (exact) mass is 342 g/mol. The van der Waals surface area contributed by atoms with Crippen molar-refractivity contribution in [1.82, 2.24) is 9.97 Å². The van der Waals surface area contributed by atoms with Crippen LogP contribution in [0.1, 0.15) is 24.0 Å². The van der Waals surface area contributed by atoms with Crippen molar-refractivity contribution >= 4 is 11.8 Å². The van der Waals surface area contributed by atoms with Crippen molar-refractivity contribution in [3.05, 3.63) is 47.8 Å². The molecule has 0 atom stereocenters. The molecular formula is C16H17F3N2OS. The number of aromatic nitrogens is 2. The summed E-state index contributed by atoms with van der Waals surface area (Å²) in [5.41, 5.74) is 0.325. The standard InChI is InChI=1S/C16H17F3N2OS/c1-12-10-20-15(21-11-12)23-8-3-2-7-22-14-6-4-5-13(9-14)16(17,18)19/h4-6,9-11H,2-3,7-8H2,1H3. The number of nitrogens with zero attached hydrogens (tertiary/aromatic N) is 2. The van der Waals surface area contributed by atoms with Gasteiger partial charge < -0.3 is 4.74 Å². The zero-order valence-corrected chi connectivity index (χ0v) is 13.5. The Morgan fingerprint density at radius 2 is 1.87 bits per heavy atom. The van der Waals surface area contributed by atoms with Crippen LogP contribution >= 0.6 is 11.8 Å². The SMILES string of the molecule is Cc1cnc(SCCCCOc2cccc(C(F)(F)F)c2)nc1. The molecule has 0 saturated heterocycles. The molecule has 0 spiro atoms. The lowest BCUT2D eigenvalue weighted by Crippen LogP contribution is -2.05. The number of ether oxygens (including phenoxy) is 1. The van der Waals surface area contributed by atoms with Gasteiger partial charge in [0.15, 0.2) is 5.16 Å². The van der Waals surface area contributed by atoms with Crippen molar-refractivity contribution < 1.29 is 17.9 Å². The number of halogens is 3. The van der Waals surface area contributed by atoms with Gasteiger partial charge >= 0.3 is 6.18 Å². The van der Waals surface area contributed by atoms with Crippen LogP contribution in [0.2, 0.25) is 0 Å². The molecule has 1 heterocycles. The summed E-state index contributed by atoms with van der Waals surface area (Å²) >= 11 is 1.55. The summed E-state index contributed by atoms with van der Waals surface area (Å²) in [5, 5.41) is 0.731. The molecule has 0 unspecified atom stereocenters. The molecule has 3 nitrogen and oxygen atoms in total. The Kier molecular flexibility index (Phi) is 6.27. The molecule has 0 N–H and O–H groups in total. The quantitative estimate of drug-likeness (QED) is 0.413. The van der Waals surface area contributed by atoms with Crippen molar-refractivity contribution in [1.29, 1.82) is 0 Å². The largest absolute Gasteiger partial charge is 0.494 e. The van der Waals surface area contributed by atoms with E-state index in [2.05, 4.69) is 9.97 Å². The van der Waals surface area contributed by atoms with Gasteiger partial charge in [0.2, 0.25) is 0 Å². The number of hydrogen-bond donors (Lipinski definition) is 0. The number of aryl methyl sites for hydroxylation is 1. The molecule has 2 rings (SSSR count). The summed E-state index contributed by atoms with van der Waals surface area (Å²) in [6.07, 6.45) is 0.832. The molecule has 7 heteroatoms. The van der Waals surface area contributed by atoms with Crippen molar-refractivity contribution in [2.24, 2.45) is 0 Å². The molecule has 0 aliphatic rings. The molecule has 0 radical (unpaired) electrons. The fraction of sp³-hybridized carbons (Fsp3) is 0.375. The van der Waals surface area contributed by atoms with E-state index in [0.29, 0.717) is 6.61 Å². The molecule has 2 aromatic rings. The first-order valence-electron chi connectivity index (χ1n) is 7.16. The average Bonchev–Trinajstić information content (AvgIpc) is 2.52. The number of thioether (sulfide) groups is 1. The third kappa shape index (κ3) is 6.09. The van der Waals surface area contributed by atoms with E-state index in [1.54, 1.807) is 24.2 Å². The Hall–Kier alpha value is -1.76. The van der Waals surface area contributed by atoms with Crippen LogP contribution < -0.4 is 4.74 Å². The van der Waals surface area contributed by atoms with Crippen LogP contribution in [0.5, 0.6) is 5.75 Å².